The first-order chi connectivity index (χ1) is 11.2. The van der Waals surface area contributed by atoms with E-state index in [0.29, 0.717) is 11.7 Å². The largest absolute Gasteiger partial charge is 0.423 e. The van der Waals surface area contributed by atoms with Crippen LogP contribution in [0.2, 0.25) is 0 Å². The lowest BCUT2D eigenvalue weighted by Gasteiger charge is -2.32. The Morgan fingerprint density at radius 1 is 1.30 bits per heavy atom. The lowest BCUT2D eigenvalue weighted by atomic mass is 10.0. The molecule has 0 aliphatic carbocycles. The van der Waals surface area contributed by atoms with Crippen molar-refractivity contribution in [3.8, 4) is 0 Å². The van der Waals surface area contributed by atoms with Gasteiger partial charge in [0.1, 0.15) is 5.58 Å². The number of benzene rings is 1. The summed E-state index contributed by atoms with van der Waals surface area (Å²) in [6.07, 6.45) is 3.52. The van der Waals surface area contributed by atoms with Gasteiger partial charge in [0.05, 0.1) is 6.10 Å². The van der Waals surface area contributed by atoms with Gasteiger partial charge in [0.25, 0.3) is 0 Å². The first-order valence-electron chi connectivity index (χ1n) is 8.59. The number of hydrogen-bond donors (Lipinski definition) is 0. The van der Waals surface area contributed by atoms with Gasteiger partial charge in [0, 0.05) is 31.1 Å². The van der Waals surface area contributed by atoms with Crippen LogP contribution in [0.3, 0.4) is 0 Å². The third-order valence-electron chi connectivity index (χ3n) is 4.56. The van der Waals surface area contributed by atoms with Gasteiger partial charge >= 0.3 is 5.63 Å². The zero-order chi connectivity index (χ0) is 16.2. The molecule has 124 valence electrons. The highest BCUT2D eigenvalue weighted by Crippen LogP contribution is 2.22. The van der Waals surface area contributed by atoms with Crippen LogP contribution in [0.15, 0.2) is 33.5 Å². The number of aryl methyl sites for hydroxylation is 1. The quantitative estimate of drug-likeness (QED) is 0.794. The van der Waals surface area contributed by atoms with E-state index in [0.717, 1.165) is 56.5 Å². The van der Waals surface area contributed by atoms with Crippen molar-refractivity contribution in [2.24, 2.45) is 0 Å². The molecule has 1 fully saturated rings. The predicted octanol–water partition coefficient (Wildman–Crippen LogP) is 3.36. The molecule has 1 atom stereocenters. The van der Waals surface area contributed by atoms with Crippen LogP contribution < -0.4 is 5.63 Å². The summed E-state index contributed by atoms with van der Waals surface area (Å²) in [7, 11) is 0. The fourth-order valence-corrected chi connectivity index (χ4v) is 3.39. The Bertz CT molecular complexity index is 720. The summed E-state index contributed by atoms with van der Waals surface area (Å²) in [4.78, 5) is 14.3. The first kappa shape index (κ1) is 16.2. The molecule has 2 aromatic rings. The molecule has 1 unspecified atom stereocenters. The van der Waals surface area contributed by atoms with E-state index in [1.165, 1.54) is 5.56 Å². The number of ether oxygens (including phenoxy) is 1. The van der Waals surface area contributed by atoms with E-state index < -0.39 is 0 Å². The molecule has 0 N–H and O–H groups in total. The Labute approximate surface area is 137 Å². The van der Waals surface area contributed by atoms with E-state index in [9.17, 15) is 4.79 Å². The molecular weight excluding hydrogens is 290 g/mol. The number of hydrogen-bond acceptors (Lipinski definition) is 4. The highest BCUT2D eigenvalue weighted by atomic mass is 16.5. The predicted molar refractivity (Wildman–Crippen MR) is 91.8 cm³/mol. The van der Waals surface area contributed by atoms with Gasteiger partial charge in [0.15, 0.2) is 0 Å². The summed E-state index contributed by atoms with van der Waals surface area (Å²) in [6, 6.07) is 7.82. The molecule has 1 aliphatic rings. The van der Waals surface area contributed by atoms with Gasteiger partial charge in [-0.15, -0.1) is 0 Å². The molecule has 2 heterocycles. The zero-order valence-corrected chi connectivity index (χ0v) is 14.0. The third kappa shape index (κ3) is 3.82. The van der Waals surface area contributed by atoms with E-state index >= 15 is 0 Å². The van der Waals surface area contributed by atoms with Crippen LogP contribution in [0.1, 0.15) is 37.8 Å². The molecule has 4 heteroatoms. The molecule has 23 heavy (non-hydrogen) atoms. The minimum absolute atomic E-state index is 0.265. The summed E-state index contributed by atoms with van der Waals surface area (Å²) in [5.74, 6) is 0. The molecule has 1 aromatic heterocycles. The van der Waals surface area contributed by atoms with E-state index in [1.807, 2.05) is 13.0 Å². The number of fused-ring (bicyclic) bond motifs is 1. The first-order valence-corrected chi connectivity index (χ1v) is 8.59. The van der Waals surface area contributed by atoms with Gasteiger partial charge < -0.3 is 9.15 Å². The van der Waals surface area contributed by atoms with Crippen molar-refractivity contribution in [2.75, 3.05) is 19.7 Å². The van der Waals surface area contributed by atoms with Gasteiger partial charge in [-0.1, -0.05) is 19.1 Å². The maximum atomic E-state index is 11.9. The van der Waals surface area contributed by atoms with Crippen LogP contribution in [0.25, 0.3) is 11.0 Å². The molecule has 0 bridgehead atoms. The van der Waals surface area contributed by atoms with Crippen molar-refractivity contribution in [3.63, 3.8) is 0 Å². The second-order valence-electron chi connectivity index (χ2n) is 6.23. The maximum absolute atomic E-state index is 11.9. The fourth-order valence-electron chi connectivity index (χ4n) is 3.39. The molecule has 3 rings (SSSR count). The molecule has 0 spiro atoms. The molecule has 0 saturated carbocycles. The Hall–Kier alpha value is -1.65. The third-order valence-corrected chi connectivity index (χ3v) is 4.56. The summed E-state index contributed by atoms with van der Waals surface area (Å²) < 4.78 is 11.2. The van der Waals surface area contributed by atoms with Crippen molar-refractivity contribution in [1.82, 2.24) is 4.90 Å². The standard InChI is InChI=1S/C19H25NO3/c1-3-14-7-8-17-15(11-19(21)23-18(17)10-14)12-20-9-5-6-16(13-20)22-4-2/h7-8,10-11,16H,3-6,9,12-13H2,1-2H3. The van der Waals surface area contributed by atoms with E-state index in [2.05, 4.69) is 24.0 Å². The van der Waals surface area contributed by atoms with Crippen LogP contribution in [0.4, 0.5) is 0 Å². The van der Waals surface area contributed by atoms with Crippen molar-refractivity contribution < 1.29 is 9.15 Å². The Morgan fingerprint density at radius 3 is 2.96 bits per heavy atom. The number of likely N-dealkylation sites (tertiary alicyclic amines) is 1. The molecule has 0 amide bonds. The molecule has 1 saturated heterocycles. The van der Waals surface area contributed by atoms with Crippen LogP contribution in [0, 0.1) is 0 Å². The summed E-state index contributed by atoms with van der Waals surface area (Å²) in [6.45, 7) is 7.67. The van der Waals surface area contributed by atoms with Crippen LogP contribution in [0.5, 0.6) is 0 Å². The van der Waals surface area contributed by atoms with E-state index in [-0.39, 0.29) is 5.63 Å². The smallest absolute Gasteiger partial charge is 0.336 e. The van der Waals surface area contributed by atoms with E-state index in [4.69, 9.17) is 9.15 Å². The molecule has 1 aliphatic heterocycles. The zero-order valence-electron chi connectivity index (χ0n) is 14.0. The molecular formula is C19H25NO3. The van der Waals surface area contributed by atoms with Crippen molar-refractivity contribution in [2.45, 2.75) is 45.8 Å². The monoisotopic (exact) mass is 315 g/mol. The number of piperidine rings is 1. The van der Waals surface area contributed by atoms with Crippen molar-refractivity contribution in [3.05, 3.63) is 45.8 Å². The summed E-state index contributed by atoms with van der Waals surface area (Å²) in [5, 5.41) is 1.04. The molecule has 4 nitrogen and oxygen atoms in total. The van der Waals surface area contributed by atoms with E-state index in [1.54, 1.807) is 6.07 Å². The van der Waals surface area contributed by atoms with Crippen LogP contribution >= 0.6 is 0 Å². The second-order valence-corrected chi connectivity index (χ2v) is 6.23. The van der Waals surface area contributed by atoms with Crippen LogP contribution in [-0.4, -0.2) is 30.7 Å². The number of nitrogens with zero attached hydrogens (tertiary/aromatic N) is 1. The van der Waals surface area contributed by atoms with Gasteiger partial charge in [-0.3, -0.25) is 4.90 Å². The maximum Gasteiger partial charge on any atom is 0.336 e. The summed E-state index contributed by atoms with van der Waals surface area (Å²) in [5.41, 5.74) is 2.67. The van der Waals surface area contributed by atoms with Gasteiger partial charge in [0.2, 0.25) is 0 Å². The van der Waals surface area contributed by atoms with Crippen LogP contribution in [-0.2, 0) is 17.7 Å². The Kier molecular flexibility index (Phi) is 5.13. The normalized spacial score (nSPS) is 19.3. The van der Waals surface area contributed by atoms with Gasteiger partial charge in [-0.25, -0.2) is 4.79 Å². The van der Waals surface area contributed by atoms with Gasteiger partial charge in [-0.05, 0) is 49.9 Å². The average Bonchev–Trinajstić information content (AvgIpc) is 2.54. The SMILES string of the molecule is CCOC1CCCN(Cc2cc(=O)oc3cc(CC)ccc23)C1. The Morgan fingerprint density at radius 2 is 2.17 bits per heavy atom. The Balaban J connectivity index is 1.86. The minimum atomic E-state index is -0.265. The highest BCUT2D eigenvalue weighted by Gasteiger charge is 2.21. The lowest BCUT2D eigenvalue weighted by Crippen LogP contribution is -2.39. The summed E-state index contributed by atoms with van der Waals surface area (Å²) >= 11 is 0. The average molecular weight is 315 g/mol. The van der Waals surface area contributed by atoms with Crippen molar-refractivity contribution >= 4 is 11.0 Å². The second kappa shape index (κ2) is 7.28. The topological polar surface area (TPSA) is 42.7 Å². The minimum Gasteiger partial charge on any atom is -0.423 e. The van der Waals surface area contributed by atoms with Gasteiger partial charge in [-0.2, -0.15) is 0 Å². The number of rotatable bonds is 5. The molecule has 0 radical (unpaired) electrons. The lowest BCUT2D eigenvalue weighted by molar-refractivity contribution is 0.00371. The molecule has 1 aromatic carbocycles. The van der Waals surface area contributed by atoms with Crippen molar-refractivity contribution in [1.29, 1.82) is 0 Å². The fraction of sp³-hybridized carbons (Fsp3) is 0.526. The highest BCUT2D eigenvalue weighted by molar-refractivity contribution is 5.80.